The summed E-state index contributed by atoms with van der Waals surface area (Å²) < 4.78 is 5.69. The zero-order chi connectivity index (χ0) is 23.5. The third-order valence-electron chi connectivity index (χ3n) is 5.05. The van der Waals surface area contributed by atoms with Gasteiger partial charge in [0.15, 0.2) is 0 Å². The second kappa shape index (κ2) is 12.2. The Morgan fingerprint density at radius 3 is 2.48 bits per heavy atom. The Hall–Kier alpha value is -3.93. The maximum Gasteiger partial charge on any atom is 0.271 e. The van der Waals surface area contributed by atoms with Gasteiger partial charge in [-0.2, -0.15) is 5.10 Å². The van der Waals surface area contributed by atoms with E-state index in [0.717, 1.165) is 36.1 Å². The second-order valence-corrected chi connectivity index (χ2v) is 7.67. The molecule has 6 nitrogen and oxygen atoms in total. The van der Waals surface area contributed by atoms with Gasteiger partial charge in [-0.15, -0.1) is 0 Å². The lowest BCUT2D eigenvalue weighted by atomic mass is 10.1. The van der Waals surface area contributed by atoms with E-state index in [9.17, 15) is 9.59 Å². The third kappa shape index (κ3) is 7.31. The highest BCUT2D eigenvalue weighted by Gasteiger charge is 2.10. The average molecular weight is 444 g/mol. The number of ether oxygens (including phenoxy) is 1. The van der Waals surface area contributed by atoms with Crippen molar-refractivity contribution in [2.75, 3.05) is 11.9 Å². The first-order valence-corrected chi connectivity index (χ1v) is 11.1. The Balaban J connectivity index is 1.54. The summed E-state index contributed by atoms with van der Waals surface area (Å²) in [5.41, 5.74) is 5.77. The Labute approximate surface area is 194 Å². The number of hydrogen-bond acceptors (Lipinski definition) is 4. The van der Waals surface area contributed by atoms with Gasteiger partial charge in [0.2, 0.25) is 0 Å². The van der Waals surface area contributed by atoms with Gasteiger partial charge in [0.1, 0.15) is 5.75 Å². The maximum atomic E-state index is 12.5. The van der Waals surface area contributed by atoms with Crippen LogP contribution in [0.4, 0.5) is 5.69 Å². The van der Waals surface area contributed by atoms with E-state index in [0.29, 0.717) is 23.4 Å². The molecule has 0 saturated carbocycles. The number of hydrazone groups is 1. The highest BCUT2D eigenvalue weighted by Crippen LogP contribution is 2.15. The van der Waals surface area contributed by atoms with Crippen molar-refractivity contribution < 1.29 is 14.3 Å². The smallest absolute Gasteiger partial charge is 0.271 e. The molecule has 2 amide bonds. The van der Waals surface area contributed by atoms with Gasteiger partial charge in [0.05, 0.1) is 12.8 Å². The van der Waals surface area contributed by atoms with Gasteiger partial charge in [-0.3, -0.25) is 9.59 Å². The van der Waals surface area contributed by atoms with Crippen LogP contribution >= 0.6 is 0 Å². The Bertz CT molecular complexity index is 1110. The van der Waals surface area contributed by atoms with Gasteiger partial charge in [0.25, 0.3) is 11.8 Å². The predicted molar refractivity (Wildman–Crippen MR) is 132 cm³/mol. The topological polar surface area (TPSA) is 79.8 Å². The van der Waals surface area contributed by atoms with Crippen molar-refractivity contribution in [3.05, 3.63) is 95.1 Å². The van der Waals surface area contributed by atoms with E-state index in [-0.39, 0.29) is 11.8 Å². The number of amides is 2. The van der Waals surface area contributed by atoms with E-state index in [1.165, 1.54) is 0 Å². The first-order chi connectivity index (χ1) is 16.1. The predicted octanol–water partition coefficient (Wildman–Crippen LogP) is 5.58. The zero-order valence-electron chi connectivity index (χ0n) is 19.0. The molecular formula is C27H29N3O3. The van der Waals surface area contributed by atoms with Crippen LogP contribution in [0.3, 0.4) is 0 Å². The van der Waals surface area contributed by atoms with Gasteiger partial charge >= 0.3 is 0 Å². The lowest BCUT2D eigenvalue weighted by Gasteiger charge is -2.08. The minimum atomic E-state index is -0.367. The molecule has 0 fully saturated rings. The molecule has 0 atom stereocenters. The van der Waals surface area contributed by atoms with Crippen molar-refractivity contribution in [3.8, 4) is 5.75 Å². The van der Waals surface area contributed by atoms with Gasteiger partial charge in [0, 0.05) is 16.8 Å². The fraction of sp³-hybridized carbons (Fsp3) is 0.222. The van der Waals surface area contributed by atoms with Crippen molar-refractivity contribution in [1.29, 1.82) is 0 Å². The molecule has 3 aromatic rings. The number of carbonyl (C=O) groups excluding carboxylic acids is 2. The number of benzene rings is 3. The molecule has 0 unspecified atom stereocenters. The highest BCUT2D eigenvalue weighted by molar-refractivity contribution is 6.06. The van der Waals surface area contributed by atoms with Crippen LogP contribution in [0.2, 0.25) is 0 Å². The van der Waals surface area contributed by atoms with Gasteiger partial charge in [-0.1, -0.05) is 44.0 Å². The van der Waals surface area contributed by atoms with E-state index in [1.54, 1.807) is 36.5 Å². The van der Waals surface area contributed by atoms with Crippen molar-refractivity contribution in [1.82, 2.24) is 5.43 Å². The zero-order valence-corrected chi connectivity index (χ0v) is 19.0. The Morgan fingerprint density at radius 2 is 1.73 bits per heavy atom. The molecule has 0 aliphatic heterocycles. The molecule has 0 saturated heterocycles. The van der Waals surface area contributed by atoms with Crippen LogP contribution in [0.25, 0.3) is 0 Å². The number of anilines is 1. The maximum absolute atomic E-state index is 12.5. The lowest BCUT2D eigenvalue weighted by Crippen LogP contribution is -2.18. The van der Waals surface area contributed by atoms with Crippen LogP contribution in [0.5, 0.6) is 5.75 Å². The molecule has 0 heterocycles. The third-order valence-corrected chi connectivity index (χ3v) is 5.05. The van der Waals surface area contributed by atoms with E-state index >= 15 is 0 Å². The molecule has 0 radical (unpaired) electrons. The molecule has 2 N–H and O–H groups in total. The van der Waals surface area contributed by atoms with Crippen LogP contribution < -0.4 is 15.5 Å². The first kappa shape index (κ1) is 23.7. The number of nitrogens with one attached hydrogen (secondary N) is 2. The SMILES string of the molecule is CCCCCOc1ccc(C=NNC(=O)c2cccc(NC(=O)c3ccccc3C)c2)cc1. The van der Waals surface area contributed by atoms with Crippen LogP contribution in [-0.2, 0) is 0 Å². The molecule has 0 aliphatic carbocycles. The summed E-state index contributed by atoms with van der Waals surface area (Å²) in [5, 5.41) is 6.86. The largest absolute Gasteiger partial charge is 0.494 e. The van der Waals surface area contributed by atoms with Crippen molar-refractivity contribution in [3.63, 3.8) is 0 Å². The molecule has 0 aliphatic rings. The van der Waals surface area contributed by atoms with Gasteiger partial charge in [-0.05, 0) is 73.0 Å². The van der Waals surface area contributed by atoms with Crippen molar-refractivity contribution in [2.45, 2.75) is 33.1 Å². The summed E-state index contributed by atoms with van der Waals surface area (Å²) in [5.74, 6) is 0.229. The molecular weight excluding hydrogens is 414 g/mol. The van der Waals surface area contributed by atoms with Crippen LogP contribution in [0.1, 0.15) is 58.0 Å². The summed E-state index contributed by atoms with van der Waals surface area (Å²) >= 11 is 0. The van der Waals surface area contributed by atoms with E-state index in [4.69, 9.17) is 4.74 Å². The molecule has 3 aromatic carbocycles. The van der Waals surface area contributed by atoms with Crippen LogP contribution in [0.15, 0.2) is 77.9 Å². The second-order valence-electron chi connectivity index (χ2n) is 7.67. The van der Waals surface area contributed by atoms with E-state index in [1.807, 2.05) is 49.4 Å². The summed E-state index contributed by atoms with van der Waals surface area (Å²) in [6.45, 7) is 4.75. The monoisotopic (exact) mass is 443 g/mol. The first-order valence-electron chi connectivity index (χ1n) is 11.1. The minimum Gasteiger partial charge on any atom is -0.494 e. The minimum absolute atomic E-state index is 0.221. The fourth-order valence-electron chi connectivity index (χ4n) is 3.19. The van der Waals surface area contributed by atoms with Crippen LogP contribution in [-0.4, -0.2) is 24.6 Å². The van der Waals surface area contributed by atoms with E-state index < -0.39 is 0 Å². The Kier molecular flexibility index (Phi) is 8.77. The Morgan fingerprint density at radius 1 is 0.939 bits per heavy atom. The number of hydrogen-bond donors (Lipinski definition) is 2. The van der Waals surface area contributed by atoms with E-state index in [2.05, 4.69) is 22.8 Å². The van der Waals surface area contributed by atoms with Crippen LogP contribution in [0, 0.1) is 6.92 Å². The number of rotatable bonds is 10. The average Bonchev–Trinajstić information content (AvgIpc) is 2.83. The quantitative estimate of drug-likeness (QED) is 0.244. The van der Waals surface area contributed by atoms with Crippen molar-refractivity contribution in [2.24, 2.45) is 5.10 Å². The van der Waals surface area contributed by atoms with Gasteiger partial charge in [-0.25, -0.2) is 5.43 Å². The molecule has 0 bridgehead atoms. The summed E-state index contributed by atoms with van der Waals surface area (Å²) in [7, 11) is 0. The molecule has 33 heavy (non-hydrogen) atoms. The number of carbonyl (C=O) groups is 2. The molecule has 170 valence electrons. The highest BCUT2D eigenvalue weighted by atomic mass is 16.5. The number of nitrogens with zero attached hydrogens (tertiary/aromatic N) is 1. The summed E-state index contributed by atoms with van der Waals surface area (Å²) in [6, 6.07) is 21.6. The number of unbranched alkanes of at least 4 members (excludes halogenated alkanes) is 2. The molecule has 6 heteroatoms. The summed E-state index contributed by atoms with van der Waals surface area (Å²) in [4.78, 5) is 25.0. The molecule has 0 aromatic heterocycles. The summed E-state index contributed by atoms with van der Waals surface area (Å²) in [6.07, 6.45) is 4.94. The fourth-order valence-corrected chi connectivity index (χ4v) is 3.19. The van der Waals surface area contributed by atoms with Crippen molar-refractivity contribution >= 4 is 23.7 Å². The normalized spacial score (nSPS) is 10.7. The molecule has 3 rings (SSSR count). The number of aryl methyl sites for hydroxylation is 1. The molecule has 0 spiro atoms. The van der Waals surface area contributed by atoms with Gasteiger partial charge < -0.3 is 10.1 Å². The lowest BCUT2D eigenvalue weighted by molar-refractivity contribution is 0.0953. The standard InChI is InChI=1S/C27H29N3O3/c1-3-4-7-17-33-24-15-13-21(14-16-24)19-28-30-26(31)22-10-8-11-23(18-22)29-27(32)25-12-6-5-9-20(25)2/h5-6,8-16,18-19H,3-4,7,17H2,1-2H3,(H,29,32)(H,30,31).